The second-order valence-electron chi connectivity index (χ2n) is 3.89. The molecule has 0 aliphatic carbocycles. The first-order valence-corrected chi connectivity index (χ1v) is 5.99. The number of hydrogen-bond acceptors (Lipinski definition) is 3. The first-order chi connectivity index (χ1) is 8.58. The van der Waals surface area contributed by atoms with Crippen molar-refractivity contribution in [1.82, 2.24) is 5.32 Å². The van der Waals surface area contributed by atoms with Gasteiger partial charge in [-0.1, -0.05) is 13.8 Å². The lowest BCUT2D eigenvalue weighted by Gasteiger charge is -2.08. The van der Waals surface area contributed by atoms with Crippen LogP contribution in [0, 0.1) is 0 Å². The van der Waals surface area contributed by atoms with Crippen molar-refractivity contribution in [2.24, 2.45) is 0 Å². The van der Waals surface area contributed by atoms with Crippen LogP contribution in [0.1, 0.15) is 37.0 Å². The summed E-state index contributed by atoms with van der Waals surface area (Å²) in [6, 6.07) is 4.45. The van der Waals surface area contributed by atoms with Crippen molar-refractivity contribution in [1.29, 1.82) is 0 Å². The fourth-order valence-corrected chi connectivity index (χ4v) is 1.38. The predicted octanol–water partition coefficient (Wildman–Crippen LogP) is 1.88. The van der Waals surface area contributed by atoms with Crippen LogP contribution in [0.3, 0.4) is 0 Å². The van der Waals surface area contributed by atoms with Gasteiger partial charge in [-0.05, 0) is 18.6 Å². The Morgan fingerprint density at radius 3 is 2.56 bits per heavy atom. The van der Waals surface area contributed by atoms with Crippen molar-refractivity contribution >= 4 is 17.5 Å². The number of amides is 2. The lowest BCUT2D eigenvalue weighted by molar-refractivity contribution is -0.115. The number of anilines is 1. The van der Waals surface area contributed by atoms with Crippen LogP contribution in [-0.2, 0) is 4.79 Å². The zero-order valence-corrected chi connectivity index (χ0v) is 10.6. The minimum atomic E-state index is -0.317. The van der Waals surface area contributed by atoms with E-state index in [9.17, 15) is 14.7 Å². The Morgan fingerprint density at radius 1 is 1.28 bits per heavy atom. The fourth-order valence-electron chi connectivity index (χ4n) is 1.38. The maximum absolute atomic E-state index is 11.7. The van der Waals surface area contributed by atoms with Gasteiger partial charge in [0, 0.05) is 24.7 Å². The molecule has 3 N–H and O–H groups in total. The number of phenolic OH excluding ortho intramolecular Hbond substituents is 1. The molecule has 0 aliphatic rings. The first kappa shape index (κ1) is 14.0. The third-order valence-electron chi connectivity index (χ3n) is 2.38. The molecule has 0 saturated heterocycles. The topological polar surface area (TPSA) is 78.4 Å². The zero-order valence-electron chi connectivity index (χ0n) is 10.6. The molecule has 0 radical (unpaired) electrons. The molecule has 0 aliphatic heterocycles. The van der Waals surface area contributed by atoms with Gasteiger partial charge in [0.1, 0.15) is 5.75 Å². The van der Waals surface area contributed by atoms with Gasteiger partial charge in [0.25, 0.3) is 5.91 Å². The van der Waals surface area contributed by atoms with E-state index in [0.717, 1.165) is 6.42 Å². The number of carbonyl (C=O) groups excluding carboxylic acids is 2. The minimum absolute atomic E-state index is 0.141. The van der Waals surface area contributed by atoms with Crippen LogP contribution in [0.15, 0.2) is 18.2 Å². The molecule has 2 amide bonds. The van der Waals surface area contributed by atoms with Gasteiger partial charge in [-0.2, -0.15) is 0 Å². The monoisotopic (exact) mass is 250 g/mol. The number of nitrogens with one attached hydrogen (secondary N) is 2. The highest BCUT2D eigenvalue weighted by Gasteiger charge is 2.11. The molecule has 0 atom stereocenters. The van der Waals surface area contributed by atoms with E-state index >= 15 is 0 Å². The molecule has 1 aromatic carbocycles. The molecule has 1 rings (SSSR count). The normalized spacial score (nSPS) is 9.89. The summed E-state index contributed by atoms with van der Waals surface area (Å²) >= 11 is 0. The first-order valence-electron chi connectivity index (χ1n) is 5.99. The van der Waals surface area contributed by atoms with Crippen LogP contribution in [0.5, 0.6) is 5.75 Å². The molecule has 18 heavy (non-hydrogen) atoms. The smallest absolute Gasteiger partial charge is 0.255 e. The summed E-state index contributed by atoms with van der Waals surface area (Å²) in [6.45, 7) is 4.25. The van der Waals surface area contributed by atoms with Crippen LogP contribution in [-0.4, -0.2) is 23.5 Å². The molecule has 0 spiro atoms. The number of carbonyl (C=O) groups is 2. The highest BCUT2D eigenvalue weighted by Crippen LogP contribution is 2.22. The molecule has 5 heteroatoms. The van der Waals surface area contributed by atoms with Crippen molar-refractivity contribution < 1.29 is 14.7 Å². The summed E-state index contributed by atoms with van der Waals surface area (Å²) in [7, 11) is 0. The van der Waals surface area contributed by atoms with Crippen molar-refractivity contribution in [3.63, 3.8) is 0 Å². The molecular weight excluding hydrogens is 232 g/mol. The van der Waals surface area contributed by atoms with Crippen molar-refractivity contribution in [3.05, 3.63) is 23.8 Å². The Hall–Kier alpha value is -2.04. The quantitative estimate of drug-likeness (QED) is 0.746. The molecule has 0 unspecified atom stereocenters. The second kappa shape index (κ2) is 6.64. The number of aromatic hydroxyl groups is 1. The summed E-state index contributed by atoms with van der Waals surface area (Å²) in [5.41, 5.74) is 0.685. The van der Waals surface area contributed by atoms with Crippen molar-refractivity contribution in [3.8, 4) is 5.75 Å². The van der Waals surface area contributed by atoms with Gasteiger partial charge in [-0.3, -0.25) is 9.59 Å². The molecular formula is C13H18N2O3. The Bertz CT molecular complexity index is 444. The van der Waals surface area contributed by atoms with Gasteiger partial charge in [0.05, 0.1) is 5.56 Å². The van der Waals surface area contributed by atoms with E-state index in [1.54, 1.807) is 13.0 Å². The summed E-state index contributed by atoms with van der Waals surface area (Å²) in [4.78, 5) is 22.8. The summed E-state index contributed by atoms with van der Waals surface area (Å²) < 4.78 is 0. The number of benzene rings is 1. The molecule has 0 bridgehead atoms. The Balaban J connectivity index is 2.79. The summed E-state index contributed by atoms with van der Waals surface area (Å²) in [6.07, 6.45) is 1.19. The third kappa shape index (κ3) is 3.76. The van der Waals surface area contributed by atoms with Gasteiger partial charge in [-0.25, -0.2) is 0 Å². The minimum Gasteiger partial charge on any atom is -0.507 e. The van der Waals surface area contributed by atoms with Gasteiger partial charge < -0.3 is 15.7 Å². The number of phenols is 1. The lowest BCUT2D eigenvalue weighted by Crippen LogP contribution is -2.24. The van der Waals surface area contributed by atoms with Gasteiger partial charge in [0.2, 0.25) is 5.91 Å². The Morgan fingerprint density at radius 2 is 2.00 bits per heavy atom. The maximum Gasteiger partial charge on any atom is 0.255 e. The maximum atomic E-state index is 11.7. The third-order valence-corrected chi connectivity index (χ3v) is 2.38. The van der Waals surface area contributed by atoms with E-state index in [1.165, 1.54) is 12.1 Å². The number of hydrogen-bond donors (Lipinski definition) is 3. The SMILES string of the molecule is CCCNC(=O)c1ccc(NC(=O)CC)cc1O. The van der Waals surface area contributed by atoms with Gasteiger partial charge >= 0.3 is 0 Å². The lowest BCUT2D eigenvalue weighted by atomic mass is 10.1. The van der Waals surface area contributed by atoms with Crippen LogP contribution in [0.2, 0.25) is 0 Å². The van der Waals surface area contributed by atoms with E-state index < -0.39 is 0 Å². The van der Waals surface area contributed by atoms with E-state index in [-0.39, 0.29) is 23.1 Å². The van der Waals surface area contributed by atoms with Crippen molar-refractivity contribution in [2.45, 2.75) is 26.7 Å². The predicted molar refractivity (Wildman–Crippen MR) is 69.7 cm³/mol. The van der Waals surface area contributed by atoms with Gasteiger partial charge in [0.15, 0.2) is 0 Å². The summed E-state index contributed by atoms with van der Waals surface area (Å²) in [5, 5.41) is 15.0. The van der Waals surface area contributed by atoms with Crippen LogP contribution in [0.4, 0.5) is 5.69 Å². The van der Waals surface area contributed by atoms with Crippen LogP contribution in [0.25, 0.3) is 0 Å². The zero-order chi connectivity index (χ0) is 13.5. The Kier molecular flexibility index (Phi) is 5.17. The highest BCUT2D eigenvalue weighted by molar-refractivity contribution is 5.98. The summed E-state index contributed by atoms with van der Waals surface area (Å²) in [5.74, 6) is -0.599. The average Bonchev–Trinajstić information content (AvgIpc) is 2.36. The standard InChI is InChI=1S/C13H18N2O3/c1-3-7-14-13(18)10-6-5-9(8-11(10)16)15-12(17)4-2/h5-6,8,16H,3-4,7H2,1-2H3,(H,14,18)(H,15,17). The molecule has 98 valence electrons. The molecule has 0 heterocycles. The van der Waals surface area contributed by atoms with E-state index in [1.807, 2.05) is 6.92 Å². The molecule has 1 aromatic rings. The van der Waals surface area contributed by atoms with E-state index in [4.69, 9.17) is 0 Å². The van der Waals surface area contributed by atoms with E-state index in [2.05, 4.69) is 10.6 Å². The van der Waals surface area contributed by atoms with Crippen molar-refractivity contribution in [2.75, 3.05) is 11.9 Å². The van der Waals surface area contributed by atoms with Gasteiger partial charge in [-0.15, -0.1) is 0 Å². The fraction of sp³-hybridized carbons (Fsp3) is 0.385. The van der Waals surface area contributed by atoms with Crippen LogP contribution < -0.4 is 10.6 Å². The molecule has 5 nitrogen and oxygen atoms in total. The molecule has 0 saturated carbocycles. The second-order valence-corrected chi connectivity index (χ2v) is 3.89. The Labute approximate surface area is 106 Å². The van der Waals surface area contributed by atoms with E-state index in [0.29, 0.717) is 18.7 Å². The highest BCUT2D eigenvalue weighted by atomic mass is 16.3. The average molecular weight is 250 g/mol. The number of rotatable bonds is 5. The molecule has 0 fully saturated rings. The molecule has 0 aromatic heterocycles. The largest absolute Gasteiger partial charge is 0.507 e. The van der Waals surface area contributed by atoms with Crippen LogP contribution >= 0.6 is 0 Å².